The second kappa shape index (κ2) is 11.2. The fourth-order valence-electron chi connectivity index (χ4n) is 4.84. The van der Waals surface area contributed by atoms with Crippen LogP contribution in [-0.4, -0.2) is 85.8 Å². The van der Waals surface area contributed by atoms with Gasteiger partial charge in [-0.25, -0.2) is 0 Å². The molecule has 0 unspecified atom stereocenters. The lowest BCUT2D eigenvalue weighted by Gasteiger charge is -2.31. The number of ketones is 1. The molecule has 2 aromatic carbocycles. The van der Waals surface area contributed by atoms with Gasteiger partial charge in [0.1, 0.15) is 24.7 Å². The number of nitrogens with zero attached hydrogens (tertiary/aromatic N) is 2. The minimum Gasteiger partial charge on any atom is -0.507 e. The number of hydrogen-bond donors (Lipinski definition) is 1. The van der Waals surface area contributed by atoms with Crippen LogP contribution < -0.4 is 14.2 Å². The van der Waals surface area contributed by atoms with Gasteiger partial charge in [0.05, 0.1) is 31.4 Å². The summed E-state index contributed by atoms with van der Waals surface area (Å²) in [5.41, 5.74) is 1.18. The van der Waals surface area contributed by atoms with Crippen LogP contribution in [-0.2, 0) is 14.3 Å². The van der Waals surface area contributed by atoms with Gasteiger partial charge in [-0.1, -0.05) is 19.1 Å². The predicted molar refractivity (Wildman–Crippen MR) is 136 cm³/mol. The molecule has 0 aromatic heterocycles. The highest BCUT2D eigenvalue weighted by molar-refractivity contribution is 6.46. The molecular weight excluding hydrogens is 476 g/mol. The van der Waals surface area contributed by atoms with Gasteiger partial charge in [-0.2, -0.15) is 0 Å². The zero-order valence-corrected chi connectivity index (χ0v) is 21.0. The van der Waals surface area contributed by atoms with Crippen LogP contribution in [0.4, 0.5) is 0 Å². The molecule has 9 nitrogen and oxygen atoms in total. The normalized spacial score (nSPS) is 21.3. The number of carbonyl (C=O) groups is 2. The van der Waals surface area contributed by atoms with Crippen molar-refractivity contribution in [1.82, 2.24) is 9.80 Å². The molecule has 5 rings (SSSR count). The highest BCUT2D eigenvalue weighted by Gasteiger charge is 2.46. The molecule has 0 spiro atoms. The summed E-state index contributed by atoms with van der Waals surface area (Å²) in [6, 6.07) is 11.6. The molecule has 0 saturated carbocycles. The molecule has 3 aliphatic heterocycles. The van der Waals surface area contributed by atoms with E-state index < -0.39 is 17.7 Å². The summed E-state index contributed by atoms with van der Waals surface area (Å²) in [6.07, 6.45) is 0.888. The first-order valence-corrected chi connectivity index (χ1v) is 12.8. The number of carbonyl (C=O) groups excluding carboxylic acids is 2. The molecule has 1 N–H and O–H groups in total. The zero-order chi connectivity index (χ0) is 25.8. The Hall–Kier alpha value is -3.56. The number of Topliss-reactive ketones (excluding diaryl/α,β-unsaturated/α-hetero) is 1. The van der Waals surface area contributed by atoms with E-state index in [-0.39, 0.29) is 11.3 Å². The molecule has 1 atom stereocenters. The van der Waals surface area contributed by atoms with Gasteiger partial charge in [-0.3, -0.25) is 14.5 Å². The largest absolute Gasteiger partial charge is 0.507 e. The summed E-state index contributed by atoms with van der Waals surface area (Å²) in [6.45, 7) is 7.27. The van der Waals surface area contributed by atoms with Crippen LogP contribution in [0.2, 0.25) is 0 Å². The van der Waals surface area contributed by atoms with Gasteiger partial charge in [-0.05, 0) is 42.3 Å². The van der Waals surface area contributed by atoms with E-state index in [4.69, 9.17) is 18.9 Å². The molecule has 2 aromatic rings. The van der Waals surface area contributed by atoms with Crippen LogP contribution in [0.5, 0.6) is 17.2 Å². The number of hydrogen-bond acceptors (Lipinski definition) is 8. The van der Waals surface area contributed by atoms with Crippen LogP contribution in [0, 0.1) is 0 Å². The van der Waals surface area contributed by atoms with Crippen LogP contribution >= 0.6 is 0 Å². The van der Waals surface area contributed by atoms with Gasteiger partial charge >= 0.3 is 0 Å². The summed E-state index contributed by atoms with van der Waals surface area (Å²) in [4.78, 5) is 30.4. The summed E-state index contributed by atoms with van der Waals surface area (Å²) in [5, 5.41) is 11.4. The fourth-order valence-corrected chi connectivity index (χ4v) is 4.84. The topological polar surface area (TPSA) is 97.8 Å². The molecule has 2 fully saturated rings. The van der Waals surface area contributed by atoms with Crippen molar-refractivity contribution in [3.8, 4) is 17.2 Å². The Bertz CT molecular complexity index is 1170. The molecule has 3 heterocycles. The van der Waals surface area contributed by atoms with Crippen LogP contribution in [0.1, 0.15) is 30.5 Å². The number of morpholine rings is 1. The van der Waals surface area contributed by atoms with Crippen molar-refractivity contribution in [3.05, 3.63) is 59.2 Å². The standard InChI is InChI=1S/C28H32N2O7/c1-2-13-35-21-6-3-19(4-7-21)25-24(26(31)20-5-8-22-23(18-20)37-17-16-36-22)27(32)28(33)30(25)10-9-29-11-14-34-15-12-29/h3-8,18,25,31H,2,9-17H2,1H3/t25-/m0/s1. The van der Waals surface area contributed by atoms with E-state index in [1.54, 1.807) is 23.1 Å². The third-order valence-corrected chi connectivity index (χ3v) is 6.79. The van der Waals surface area contributed by atoms with Gasteiger partial charge in [0.25, 0.3) is 11.7 Å². The second-order valence-electron chi connectivity index (χ2n) is 9.22. The molecular formula is C28H32N2O7. The SMILES string of the molecule is CCCOc1ccc([C@H]2C(=C(O)c3ccc4c(c3)OCCO4)C(=O)C(=O)N2CCN2CCOCC2)cc1. The van der Waals surface area contributed by atoms with E-state index in [0.29, 0.717) is 68.9 Å². The predicted octanol–water partition coefficient (Wildman–Crippen LogP) is 3.00. The highest BCUT2D eigenvalue weighted by atomic mass is 16.6. The maximum Gasteiger partial charge on any atom is 0.295 e. The van der Waals surface area contributed by atoms with Crippen LogP contribution in [0.15, 0.2) is 48.0 Å². The van der Waals surface area contributed by atoms with Crippen LogP contribution in [0.25, 0.3) is 5.76 Å². The minimum atomic E-state index is -0.727. The summed E-state index contributed by atoms with van der Waals surface area (Å²) >= 11 is 0. The Morgan fingerprint density at radius 1 is 0.973 bits per heavy atom. The van der Waals surface area contributed by atoms with Gasteiger partial charge in [-0.15, -0.1) is 0 Å². The third-order valence-electron chi connectivity index (χ3n) is 6.79. The van der Waals surface area contributed by atoms with Crippen molar-refractivity contribution >= 4 is 17.4 Å². The monoisotopic (exact) mass is 508 g/mol. The number of aliphatic hydroxyl groups is 1. The Morgan fingerprint density at radius 2 is 1.70 bits per heavy atom. The summed E-state index contributed by atoms with van der Waals surface area (Å²) in [7, 11) is 0. The Kier molecular flexibility index (Phi) is 7.62. The Morgan fingerprint density at radius 3 is 2.43 bits per heavy atom. The number of benzene rings is 2. The average molecular weight is 509 g/mol. The first-order chi connectivity index (χ1) is 18.1. The molecule has 3 aliphatic rings. The van der Waals surface area contributed by atoms with Gasteiger partial charge in [0.2, 0.25) is 0 Å². The first kappa shape index (κ1) is 25.1. The number of amides is 1. The number of ether oxygens (including phenoxy) is 4. The van der Waals surface area contributed by atoms with Crippen LogP contribution in [0.3, 0.4) is 0 Å². The van der Waals surface area contributed by atoms with Crippen molar-refractivity contribution in [1.29, 1.82) is 0 Å². The van der Waals surface area contributed by atoms with E-state index in [9.17, 15) is 14.7 Å². The molecule has 2 saturated heterocycles. The van der Waals surface area contributed by atoms with Gasteiger partial charge < -0.3 is 29.0 Å². The summed E-state index contributed by atoms with van der Waals surface area (Å²) < 4.78 is 22.4. The number of rotatable bonds is 8. The van der Waals surface area contributed by atoms with Gasteiger partial charge in [0.15, 0.2) is 11.5 Å². The maximum absolute atomic E-state index is 13.3. The van der Waals surface area contributed by atoms with Crippen molar-refractivity contribution in [2.75, 3.05) is 59.2 Å². The molecule has 37 heavy (non-hydrogen) atoms. The Balaban J connectivity index is 1.51. The lowest BCUT2D eigenvalue weighted by molar-refractivity contribution is -0.140. The molecule has 0 aliphatic carbocycles. The molecule has 9 heteroatoms. The maximum atomic E-state index is 13.3. The zero-order valence-electron chi connectivity index (χ0n) is 21.0. The van der Waals surface area contributed by atoms with Gasteiger partial charge in [0, 0.05) is 31.7 Å². The Labute approximate surface area is 216 Å². The summed E-state index contributed by atoms with van der Waals surface area (Å²) in [5.74, 6) is 0.219. The highest BCUT2D eigenvalue weighted by Crippen LogP contribution is 2.41. The number of aliphatic hydroxyl groups excluding tert-OH is 1. The van der Waals surface area contributed by atoms with E-state index in [2.05, 4.69) is 4.90 Å². The van der Waals surface area contributed by atoms with E-state index in [1.807, 2.05) is 31.2 Å². The van der Waals surface area contributed by atoms with Crippen molar-refractivity contribution < 1.29 is 33.6 Å². The minimum absolute atomic E-state index is 0.0610. The first-order valence-electron chi connectivity index (χ1n) is 12.8. The molecule has 196 valence electrons. The third kappa shape index (κ3) is 5.28. The van der Waals surface area contributed by atoms with Crippen molar-refractivity contribution in [2.24, 2.45) is 0 Å². The molecule has 0 radical (unpaired) electrons. The number of fused-ring (bicyclic) bond motifs is 1. The lowest BCUT2D eigenvalue weighted by atomic mass is 9.95. The smallest absolute Gasteiger partial charge is 0.295 e. The number of likely N-dealkylation sites (tertiary alicyclic amines) is 1. The van der Waals surface area contributed by atoms with E-state index in [1.165, 1.54) is 0 Å². The van der Waals surface area contributed by atoms with Crippen molar-refractivity contribution in [2.45, 2.75) is 19.4 Å². The lowest BCUT2D eigenvalue weighted by Crippen LogP contribution is -2.42. The van der Waals surface area contributed by atoms with E-state index >= 15 is 0 Å². The average Bonchev–Trinajstić information content (AvgIpc) is 3.20. The quantitative estimate of drug-likeness (QED) is 0.330. The molecule has 0 bridgehead atoms. The molecule has 1 amide bonds. The van der Waals surface area contributed by atoms with Crippen molar-refractivity contribution in [3.63, 3.8) is 0 Å². The second-order valence-corrected chi connectivity index (χ2v) is 9.22. The van der Waals surface area contributed by atoms with E-state index in [0.717, 1.165) is 25.1 Å². The fraction of sp³-hybridized carbons (Fsp3) is 0.429.